The fourth-order valence-corrected chi connectivity index (χ4v) is 3.78. The molecular weight excluding hydrogens is 408 g/mol. The van der Waals surface area contributed by atoms with Crippen molar-refractivity contribution in [1.29, 1.82) is 0 Å². The molecule has 7 nitrogen and oxygen atoms in total. The predicted molar refractivity (Wildman–Crippen MR) is 122 cm³/mol. The third kappa shape index (κ3) is 3.43. The molecule has 160 valence electrons. The van der Waals surface area contributed by atoms with E-state index in [-0.39, 0.29) is 24.8 Å². The Balaban J connectivity index is 1.63. The second kappa shape index (κ2) is 8.11. The molecule has 1 N–H and O–H groups in total. The first-order valence-electron chi connectivity index (χ1n) is 10.1. The van der Waals surface area contributed by atoms with E-state index in [1.54, 1.807) is 37.6 Å². The van der Waals surface area contributed by atoms with Gasteiger partial charge >= 0.3 is 0 Å². The lowest BCUT2D eigenvalue weighted by molar-refractivity contribution is 0.174. The van der Waals surface area contributed by atoms with Crippen molar-refractivity contribution < 1.29 is 19.3 Å². The zero-order valence-electron chi connectivity index (χ0n) is 17.3. The van der Waals surface area contributed by atoms with E-state index in [9.17, 15) is 9.90 Å². The molecule has 4 aromatic rings. The Kier molecular flexibility index (Phi) is 4.99. The number of aliphatic imine (C=N–C) groups is 1. The van der Waals surface area contributed by atoms with E-state index in [2.05, 4.69) is 4.99 Å². The van der Waals surface area contributed by atoms with E-state index in [0.717, 1.165) is 5.56 Å². The number of aromatic nitrogens is 1. The third-order valence-electron chi connectivity index (χ3n) is 5.38. The number of rotatable bonds is 5. The fourth-order valence-electron chi connectivity index (χ4n) is 3.78. The van der Waals surface area contributed by atoms with Crippen LogP contribution in [0.4, 0.5) is 5.69 Å². The first-order chi connectivity index (χ1) is 15.7. The normalized spacial score (nSPS) is 12.5. The molecule has 1 aliphatic rings. The van der Waals surface area contributed by atoms with Crippen LogP contribution in [0.5, 0.6) is 23.1 Å². The molecule has 0 amide bonds. The van der Waals surface area contributed by atoms with Crippen LogP contribution in [0, 0.1) is 0 Å². The molecule has 0 unspecified atom stereocenters. The van der Waals surface area contributed by atoms with Crippen LogP contribution < -0.4 is 19.8 Å². The molecule has 0 saturated carbocycles. The maximum absolute atomic E-state index is 13.2. The lowest BCUT2D eigenvalue weighted by atomic mass is 10.1. The average molecular weight is 428 g/mol. The van der Waals surface area contributed by atoms with Crippen molar-refractivity contribution >= 4 is 22.7 Å². The van der Waals surface area contributed by atoms with Gasteiger partial charge in [-0.1, -0.05) is 36.4 Å². The second-order valence-electron chi connectivity index (χ2n) is 7.29. The summed E-state index contributed by atoms with van der Waals surface area (Å²) in [5.74, 6) is 1.73. The van der Waals surface area contributed by atoms with Crippen LogP contribution in [0.3, 0.4) is 0 Å². The summed E-state index contributed by atoms with van der Waals surface area (Å²) in [6.07, 6.45) is 1.56. The molecule has 1 aliphatic heterocycles. The van der Waals surface area contributed by atoms with Crippen LogP contribution in [0.1, 0.15) is 11.1 Å². The van der Waals surface area contributed by atoms with Gasteiger partial charge in [0.2, 0.25) is 12.7 Å². The maximum Gasteiger partial charge on any atom is 0.261 e. The van der Waals surface area contributed by atoms with Crippen LogP contribution in [0.2, 0.25) is 0 Å². The molecule has 0 aliphatic carbocycles. The molecule has 7 heteroatoms. The highest BCUT2D eigenvalue weighted by Crippen LogP contribution is 2.33. The van der Waals surface area contributed by atoms with Crippen molar-refractivity contribution in [1.82, 2.24) is 4.57 Å². The topological polar surface area (TPSA) is 82.3 Å². The first-order valence-corrected chi connectivity index (χ1v) is 10.1. The van der Waals surface area contributed by atoms with Gasteiger partial charge < -0.3 is 19.3 Å². The first kappa shape index (κ1) is 19.7. The van der Waals surface area contributed by atoms with Crippen molar-refractivity contribution in [3.63, 3.8) is 0 Å². The summed E-state index contributed by atoms with van der Waals surface area (Å²) in [4.78, 5) is 17.7. The summed E-state index contributed by atoms with van der Waals surface area (Å²) in [6, 6.07) is 20.0. The van der Waals surface area contributed by atoms with E-state index < -0.39 is 0 Å². The number of para-hydroxylation sites is 2. The Labute approximate surface area is 183 Å². The number of hydrogen-bond donors (Lipinski definition) is 1. The summed E-state index contributed by atoms with van der Waals surface area (Å²) in [5, 5.41) is 12.2. The summed E-state index contributed by atoms with van der Waals surface area (Å²) in [6.45, 7) is 0.338. The van der Waals surface area contributed by atoms with E-state index in [0.29, 0.717) is 39.3 Å². The van der Waals surface area contributed by atoms with E-state index in [1.165, 1.54) is 4.57 Å². The van der Waals surface area contributed by atoms with E-state index in [1.807, 2.05) is 42.5 Å². The molecular formula is C25H20N2O5. The van der Waals surface area contributed by atoms with Gasteiger partial charge in [-0.25, -0.2) is 0 Å². The van der Waals surface area contributed by atoms with Crippen molar-refractivity contribution in [3.05, 3.63) is 88.2 Å². The van der Waals surface area contributed by atoms with Crippen LogP contribution in [0.25, 0.3) is 10.8 Å². The Morgan fingerprint density at radius 1 is 1.03 bits per heavy atom. The minimum absolute atomic E-state index is 0.162. The Morgan fingerprint density at radius 2 is 1.78 bits per heavy atom. The number of fused-ring (bicyclic) bond motifs is 2. The zero-order chi connectivity index (χ0) is 22.1. The van der Waals surface area contributed by atoms with Gasteiger partial charge in [-0.2, -0.15) is 0 Å². The molecule has 2 heterocycles. The largest absolute Gasteiger partial charge is 0.494 e. The van der Waals surface area contributed by atoms with Gasteiger partial charge in [0.25, 0.3) is 5.56 Å². The van der Waals surface area contributed by atoms with Crippen molar-refractivity contribution in [2.24, 2.45) is 4.99 Å². The van der Waals surface area contributed by atoms with Gasteiger partial charge in [0.15, 0.2) is 11.5 Å². The minimum atomic E-state index is -0.287. The average Bonchev–Trinajstić information content (AvgIpc) is 3.30. The Hall–Kier alpha value is -4.26. The van der Waals surface area contributed by atoms with Crippen LogP contribution in [-0.4, -0.2) is 29.8 Å². The van der Waals surface area contributed by atoms with Crippen LogP contribution in [0.15, 0.2) is 76.5 Å². The highest BCUT2D eigenvalue weighted by Gasteiger charge is 2.18. The second-order valence-corrected chi connectivity index (χ2v) is 7.29. The van der Waals surface area contributed by atoms with Crippen molar-refractivity contribution in [3.8, 4) is 23.1 Å². The molecule has 32 heavy (non-hydrogen) atoms. The molecule has 1 aromatic heterocycles. The summed E-state index contributed by atoms with van der Waals surface area (Å²) in [7, 11) is 1.58. The van der Waals surface area contributed by atoms with Gasteiger partial charge in [0.1, 0.15) is 11.4 Å². The van der Waals surface area contributed by atoms with E-state index >= 15 is 0 Å². The maximum atomic E-state index is 13.2. The molecule has 0 spiro atoms. The number of benzene rings is 3. The fraction of sp³-hybridized carbons (Fsp3) is 0.120. The van der Waals surface area contributed by atoms with Gasteiger partial charge in [0.05, 0.1) is 19.2 Å². The highest BCUT2D eigenvalue weighted by atomic mass is 16.7. The minimum Gasteiger partial charge on any atom is -0.494 e. The standard InChI is InChI=1S/C25H20N2O5/c1-30-21-9-5-4-8-20(21)26-13-19-17-6-2-3-7-18(17)24(28)27(25(19)29)14-16-10-11-22-23(12-16)32-15-31-22/h2-13,29H,14-15H2,1H3. The summed E-state index contributed by atoms with van der Waals surface area (Å²) < 4.78 is 17.5. The number of ether oxygens (including phenoxy) is 3. The predicted octanol–water partition coefficient (Wildman–Crippen LogP) is 4.24. The molecule has 3 aromatic carbocycles. The zero-order valence-corrected chi connectivity index (χ0v) is 17.3. The van der Waals surface area contributed by atoms with E-state index in [4.69, 9.17) is 14.2 Å². The summed E-state index contributed by atoms with van der Waals surface area (Å²) in [5.41, 5.74) is 1.58. The van der Waals surface area contributed by atoms with Crippen molar-refractivity contribution in [2.45, 2.75) is 6.54 Å². The number of pyridine rings is 1. The van der Waals surface area contributed by atoms with Gasteiger partial charge in [-0.3, -0.25) is 14.4 Å². The lowest BCUT2D eigenvalue weighted by Gasteiger charge is -2.14. The lowest BCUT2D eigenvalue weighted by Crippen LogP contribution is -2.22. The number of methoxy groups -OCH3 is 1. The van der Waals surface area contributed by atoms with Crippen LogP contribution in [-0.2, 0) is 6.54 Å². The monoisotopic (exact) mass is 428 g/mol. The smallest absolute Gasteiger partial charge is 0.261 e. The quantitative estimate of drug-likeness (QED) is 0.481. The highest BCUT2D eigenvalue weighted by molar-refractivity contribution is 6.02. The van der Waals surface area contributed by atoms with Crippen molar-refractivity contribution in [2.75, 3.05) is 13.9 Å². The molecule has 0 radical (unpaired) electrons. The van der Waals surface area contributed by atoms with Gasteiger partial charge in [-0.05, 0) is 35.9 Å². The summed E-state index contributed by atoms with van der Waals surface area (Å²) >= 11 is 0. The van der Waals surface area contributed by atoms with Crippen LogP contribution >= 0.6 is 0 Å². The number of aromatic hydroxyl groups is 1. The van der Waals surface area contributed by atoms with Gasteiger partial charge in [0, 0.05) is 17.0 Å². The molecule has 0 saturated heterocycles. The number of nitrogens with zero attached hydrogens (tertiary/aromatic N) is 2. The van der Waals surface area contributed by atoms with Gasteiger partial charge in [-0.15, -0.1) is 0 Å². The Bertz CT molecular complexity index is 1410. The number of hydrogen-bond acceptors (Lipinski definition) is 6. The Morgan fingerprint density at radius 3 is 2.62 bits per heavy atom. The molecule has 0 atom stereocenters. The molecule has 0 bridgehead atoms. The molecule has 0 fully saturated rings. The third-order valence-corrected chi connectivity index (χ3v) is 5.38. The SMILES string of the molecule is COc1ccccc1N=Cc1c(O)n(Cc2ccc3c(c2)OCO3)c(=O)c2ccccc12. The molecule has 5 rings (SSSR count).